The molecule has 1 unspecified atom stereocenters. The fourth-order valence-electron chi connectivity index (χ4n) is 4.34. The SMILES string of the molecule is COCCC(=O)N1CCCC1c1nc2c(c(=O)[nH]1)CN(C(=O)c1ccncc1C)CC2. The first-order valence-electron chi connectivity index (χ1n) is 10.6. The second-order valence-corrected chi connectivity index (χ2v) is 8.03. The number of carbonyl (C=O) groups excluding carboxylic acids is 2. The van der Waals surface area contributed by atoms with E-state index in [0.717, 1.165) is 18.4 Å². The highest BCUT2D eigenvalue weighted by Crippen LogP contribution is 2.30. The lowest BCUT2D eigenvalue weighted by molar-refractivity contribution is -0.133. The smallest absolute Gasteiger partial charge is 0.256 e. The highest BCUT2D eigenvalue weighted by molar-refractivity contribution is 5.95. The minimum absolute atomic E-state index is 0.00853. The Balaban J connectivity index is 1.55. The van der Waals surface area contributed by atoms with E-state index >= 15 is 0 Å². The van der Waals surface area contributed by atoms with Crippen molar-refractivity contribution in [3.63, 3.8) is 0 Å². The van der Waals surface area contributed by atoms with Gasteiger partial charge >= 0.3 is 0 Å². The number of aromatic amines is 1. The summed E-state index contributed by atoms with van der Waals surface area (Å²) in [7, 11) is 1.57. The maximum Gasteiger partial charge on any atom is 0.256 e. The maximum atomic E-state index is 12.9. The van der Waals surface area contributed by atoms with Gasteiger partial charge in [0.05, 0.1) is 36.9 Å². The molecule has 0 bridgehead atoms. The first-order chi connectivity index (χ1) is 15.0. The van der Waals surface area contributed by atoms with Crippen molar-refractivity contribution < 1.29 is 14.3 Å². The van der Waals surface area contributed by atoms with E-state index in [1.807, 2.05) is 6.92 Å². The Kier molecular flexibility index (Phi) is 6.13. The highest BCUT2D eigenvalue weighted by Gasteiger charge is 2.33. The van der Waals surface area contributed by atoms with Gasteiger partial charge in [0.25, 0.3) is 11.5 Å². The van der Waals surface area contributed by atoms with E-state index in [1.165, 1.54) is 0 Å². The second-order valence-electron chi connectivity index (χ2n) is 8.03. The molecule has 0 aromatic carbocycles. The van der Waals surface area contributed by atoms with E-state index < -0.39 is 0 Å². The van der Waals surface area contributed by atoms with E-state index in [2.05, 4.69) is 9.97 Å². The number of aryl methyl sites for hydroxylation is 1. The first-order valence-corrected chi connectivity index (χ1v) is 10.6. The van der Waals surface area contributed by atoms with Crippen molar-refractivity contribution in [1.29, 1.82) is 0 Å². The number of methoxy groups -OCH3 is 1. The van der Waals surface area contributed by atoms with E-state index in [0.29, 0.717) is 55.2 Å². The van der Waals surface area contributed by atoms with Gasteiger partial charge in [0.2, 0.25) is 5.91 Å². The largest absolute Gasteiger partial charge is 0.384 e. The predicted molar refractivity (Wildman–Crippen MR) is 112 cm³/mol. The third-order valence-electron chi connectivity index (χ3n) is 6.03. The van der Waals surface area contributed by atoms with Gasteiger partial charge in [0, 0.05) is 44.6 Å². The van der Waals surface area contributed by atoms with Crippen molar-refractivity contribution in [3.8, 4) is 0 Å². The Labute approximate surface area is 180 Å². The molecule has 1 N–H and O–H groups in total. The monoisotopic (exact) mass is 425 g/mol. The quantitative estimate of drug-likeness (QED) is 0.775. The van der Waals surface area contributed by atoms with Crippen LogP contribution >= 0.6 is 0 Å². The van der Waals surface area contributed by atoms with E-state index in [1.54, 1.807) is 35.4 Å². The number of pyridine rings is 1. The molecular weight excluding hydrogens is 398 g/mol. The number of ether oxygens (including phenoxy) is 1. The van der Waals surface area contributed by atoms with Crippen LogP contribution in [0.4, 0.5) is 0 Å². The fraction of sp³-hybridized carbons (Fsp3) is 0.500. The van der Waals surface area contributed by atoms with Crippen molar-refractivity contribution in [2.75, 3.05) is 26.8 Å². The van der Waals surface area contributed by atoms with Gasteiger partial charge in [-0.05, 0) is 31.4 Å². The van der Waals surface area contributed by atoms with Gasteiger partial charge in [-0.15, -0.1) is 0 Å². The average Bonchev–Trinajstić information content (AvgIpc) is 3.27. The lowest BCUT2D eigenvalue weighted by atomic mass is 10.0. The fourth-order valence-corrected chi connectivity index (χ4v) is 4.34. The van der Waals surface area contributed by atoms with Crippen LogP contribution in [0.3, 0.4) is 0 Å². The molecule has 1 fully saturated rings. The van der Waals surface area contributed by atoms with Crippen molar-refractivity contribution >= 4 is 11.8 Å². The maximum absolute atomic E-state index is 12.9. The van der Waals surface area contributed by atoms with E-state index in [-0.39, 0.29) is 30.0 Å². The Morgan fingerprint density at radius 2 is 2.16 bits per heavy atom. The molecule has 2 aliphatic rings. The van der Waals surface area contributed by atoms with Crippen LogP contribution in [0.25, 0.3) is 0 Å². The van der Waals surface area contributed by atoms with Crippen LogP contribution in [-0.4, -0.2) is 63.4 Å². The molecule has 0 aliphatic carbocycles. The third-order valence-corrected chi connectivity index (χ3v) is 6.03. The number of nitrogens with one attached hydrogen (secondary N) is 1. The number of rotatable bonds is 5. The van der Waals surface area contributed by atoms with Crippen LogP contribution in [0.1, 0.15) is 58.3 Å². The van der Waals surface area contributed by atoms with Crippen molar-refractivity contribution in [2.24, 2.45) is 0 Å². The van der Waals surface area contributed by atoms with Gasteiger partial charge in [-0.25, -0.2) is 4.98 Å². The number of aromatic nitrogens is 3. The van der Waals surface area contributed by atoms with Crippen LogP contribution in [0.2, 0.25) is 0 Å². The van der Waals surface area contributed by atoms with E-state index in [9.17, 15) is 14.4 Å². The van der Waals surface area contributed by atoms with Gasteiger partial charge in [0.15, 0.2) is 0 Å². The molecule has 2 aliphatic heterocycles. The Bertz CT molecular complexity index is 1050. The van der Waals surface area contributed by atoms with Crippen molar-refractivity contribution in [3.05, 3.63) is 57.0 Å². The predicted octanol–water partition coefficient (Wildman–Crippen LogP) is 1.37. The molecule has 2 amide bonds. The third kappa shape index (κ3) is 4.23. The Morgan fingerprint density at radius 1 is 1.32 bits per heavy atom. The number of carbonyl (C=O) groups is 2. The second kappa shape index (κ2) is 8.97. The van der Waals surface area contributed by atoms with E-state index in [4.69, 9.17) is 9.72 Å². The number of likely N-dealkylation sites (tertiary alicyclic amines) is 1. The minimum Gasteiger partial charge on any atom is -0.384 e. The van der Waals surface area contributed by atoms with Gasteiger partial charge < -0.3 is 19.5 Å². The van der Waals surface area contributed by atoms with Crippen molar-refractivity contribution in [2.45, 2.75) is 45.2 Å². The summed E-state index contributed by atoms with van der Waals surface area (Å²) in [6.45, 7) is 3.59. The summed E-state index contributed by atoms with van der Waals surface area (Å²) in [6.07, 6.45) is 5.72. The molecule has 31 heavy (non-hydrogen) atoms. The molecule has 164 valence electrons. The normalized spacial score (nSPS) is 18.2. The molecule has 0 saturated carbocycles. The van der Waals surface area contributed by atoms with Crippen molar-refractivity contribution in [1.82, 2.24) is 24.8 Å². The number of nitrogens with zero attached hydrogens (tertiary/aromatic N) is 4. The van der Waals surface area contributed by atoms with Gasteiger partial charge in [-0.1, -0.05) is 0 Å². The molecule has 1 atom stereocenters. The lowest BCUT2D eigenvalue weighted by Gasteiger charge is -2.29. The van der Waals surface area contributed by atoms with Crippen LogP contribution in [0, 0.1) is 6.92 Å². The summed E-state index contributed by atoms with van der Waals surface area (Å²) in [5.74, 6) is 0.436. The Morgan fingerprint density at radius 3 is 2.94 bits per heavy atom. The summed E-state index contributed by atoms with van der Waals surface area (Å²) in [4.78, 5) is 53.5. The van der Waals surface area contributed by atoms with Crippen LogP contribution in [0.5, 0.6) is 0 Å². The zero-order valence-electron chi connectivity index (χ0n) is 17.9. The molecule has 2 aromatic rings. The standard InChI is InChI=1S/C22H27N5O4/c1-14-12-23-8-5-15(14)22(30)26-10-6-17-16(13-26)21(29)25-20(24-17)18-4-3-9-27(18)19(28)7-11-31-2/h5,8,12,18H,3-4,6-7,9-11,13H2,1-2H3,(H,24,25,29). The zero-order valence-corrected chi connectivity index (χ0v) is 17.9. The molecule has 4 rings (SSSR count). The molecule has 9 heteroatoms. The molecule has 1 saturated heterocycles. The van der Waals surface area contributed by atoms with Crippen LogP contribution < -0.4 is 5.56 Å². The Hall–Kier alpha value is -3.07. The first kappa shape index (κ1) is 21.2. The number of amides is 2. The van der Waals surface area contributed by atoms with Crippen LogP contribution in [0.15, 0.2) is 23.3 Å². The summed E-state index contributed by atoms with van der Waals surface area (Å²) < 4.78 is 5.02. The van der Waals surface area contributed by atoms with Crippen LogP contribution in [-0.2, 0) is 22.5 Å². The highest BCUT2D eigenvalue weighted by atomic mass is 16.5. The molecule has 2 aromatic heterocycles. The minimum atomic E-state index is -0.236. The lowest BCUT2D eigenvalue weighted by Crippen LogP contribution is -2.41. The zero-order chi connectivity index (χ0) is 22.0. The number of hydrogen-bond acceptors (Lipinski definition) is 6. The summed E-state index contributed by atoms with van der Waals surface area (Å²) >= 11 is 0. The summed E-state index contributed by atoms with van der Waals surface area (Å²) in [6, 6.07) is 1.48. The molecule has 0 radical (unpaired) electrons. The molecule has 4 heterocycles. The summed E-state index contributed by atoms with van der Waals surface area (Å²) in [5.41, 5.74) is 2.40. The summed E-state index contributed by atoms with van der Waals surface area (Å²) in [5, 5.41) is 0. The number of hydrogen-bond donors (Lipinski definition) is 1. The molecular formula is C22H27N5O4. The molecule has 9 nitrogen and oxygen atoms in total. The van der Waals surface area contributed by atoms with Gasteiger partial charge in [0.1, 0.15) is 5.82 Å². The average molecular weight is 425 g/mol. The van der Waals surface area contributed by atoms with Gasteiger partial charge in [-0.3, -0.25) is 19.4 Å². The molecule has 0 spiro atoms. The van der Waals surface area contributed by atoms with Gasteiger partial charge in [-0.2, -0.15) is 0 Å². The topological polar surface area (TPSA) is 108 Å². The number of H-pyrrole nitrogens is 1. The number of fused-ring (bicyclic) bond motifs is 1.